The highest BCUT2D eigenvalue weighted by molar-refractivity contribution is 5.94. The van der Waals surface area contributed by atoms with Gasteiger partial charge in [-0.2, -0.15) is 0 Å². The molecule has 0 amide bonds. The lowest BCUT2D eigenvalue weighted by Gasteiger charge is -2.36. The Morgan fingerprint density at radius 2 is 1.54 bits per heavy atom. The number of esters is 2. The van der Waals surface area contributed by atoms with Gasteiger partial charge in [0.15, 0.2) is 0 Å². The highest BCUT2D eigenvalue weighted by Gasteiger charge is 2.36. The number of cyclic esters (lactones) is 2. The lowest BCUT2D eigenvalue weighted by Crippen LogP contribution is -2.48. The molecule has 6 rings (SSSR count). The largest absolute Gasteiger partial charge is 0.457 e. The van der Waals surface area contributed by atoms with E-state index in [1.54, 1.807) is 0 Å². The van der Waals surface area contributed by atoms with E-state index in [-0.39, 0.29) is 11.9 Å². The molecule has 1 aliphatic carbocycles. The Bertz CT molecular complexity index is 1180. The third kappa shape index (κ3) is 4.26. The van der Waals surface area contributed by atoms with E-state index in [9.17, 15) is 14.7 Å². The van der Waals surface area contributed by atoms with Gasteiger partial charge in [-0.1, -0.05) is 12.1 Å². The summed E-state index contributed by atoms with van der Waals surface area (Å²) in [7, 11) is 0. The summed E-state index contributed by atoms with van der Waals surface area (Å²) in [4.78, 5) is 28.6. The van der Waals surface area contributed by atoms with Crippen molar-refractivity contribution in [2.75, 3.05) is 39.3 Å². The average Bonchev–Trinajstić information content (AvgIpc) is 3.54. The molecule has 184 valence electrons. The lowest BCUT2D eigenvalue weighted by molar-refractivity contribution is 0.0525. The Morgan fingerprint density at radius 1 is 0.914 bits per heavy atom. The van der Waals surface area contributed by atoms with Gasteiger partial charge >= 0.3 is 11.9 Å². The minimum absolute atomic E-state index is 0.209. The number of β-amino-alcohol motifs (C(OH)–C–C–N with tert-alkyl or cyclic N) is 1. The fourth-order valence-electron chi connectivity index (χ4n) is 5.88. The number of piperazine rings is 1. The first-order chi connectivity index (χ1) is 17.0. The quantitative estimate of drug-likeness (QED) is 0.615. The molecule has 2 fully saturated rings. The topological polar surface area (TPSA) is 79.3 Å². The number of carbonyl (C=O) groups excluding carboxylic acids is 2. The predicted octanol–water partition coefficient (Wildman–Crippen LogP) is 3.11. The van der Waals surface area contributed by atoms with Crippen molar-refractivity contribution in [3.8, 4) is 0 Å². The third-order valence-corrected chi connectivity index (χ3v) is 8.17. The molecule has 7 nitrogen and oxygen atoms in total. The molecule has 1 N–H and O–H groups in total. The van der Waals surface area contributed by atoms with Crippen molar-refractivity contribution in [2.24, 2.45) is 0 Å². The first-order valence-electron chi connectivity index (χ1n) is 12.7. The van der Waals surface area contributed by atoms with Gasteiger partial charge in [0.25, 0.3) is 0 Å². The van der Waals surface area contributed by atoms with Crippen LogP contribution in [0.5, 0.6) is 0 Å². The minimum Gasteiger partial charge on any atom is -0.457 e. The van der Waals surface area contributed by atoms with E-state index < -0.39 is 6.10 Å². The number of nitrogens with zero attached hydrogens (tertiary/aromatic N) is 2. The van der Waals surface area contributed by atoms with E-state index in [1.807, 2.05) is 18.2 Å². The highest BCUT2D eigenvalue weighted by atomic mass is 16.5. The highest BCUT2D eigenvalue weighted by Crippen LogP contribution is 2.47. The molecule has 1 unspecified atom stereocenters. The molecule has 0 radical (unpaired) electrons. The smallest absolute Gasteiger partial charge is 0.338 e. The summed E-state index contributed by atoms with van der Waals surface area (Å²) < 4.78 is 10.5. The number of ether oxygens (including phenoxy) is 2. The third-order valence-electron chi connectivity index (χ3n) is 8.17. The molecule has 3 aliphatic heterocycles. The van der Waals surface area contributed by atoms with E-state index in [0.717, 1.165) is 74.2 Å². The number of hydrogen-bond acceptors (Lipinski definition) is 7. The van der Waals surface area contributed by atoms with Crippen molar-refractivity contribution in [2.45, 2.75) is 51.4 Å². The van der Waals surface area contributed by atoms with E-state index in [4.69, 9.17) is 9.47 Å². The van der Waals surface area contributed by atoms with Gasteiger partial charge in [-0.25, -0.2) is 9.59 Å². The van der Waals surface area contributed by atoms with Crippen molar-refractivity contribution in [3.05, 3.63) is 68.8 Å². The number of hydrogen-bond donors (Lipinski definition) is 1. The van der Waals surface area contributed by atoms with E-state index in [0.29, 0.717) is 36.8 Å². The Morgan fingerprint density at radius 3 is 2.26 bits per heavy atom. The van der Waals surface area contributed by atoms with Gasteiger partial charge < -0.3 is 19.5 Å². The Kier molecular flexibility index (Phi) is 5.87. The number of rotatable bonds is 7. The van der Waals surface area contributed by atoms with Crippen LogP contribution in [-0.4, -0.2) is 66.1 Å². The number of aliphatic hydroxyl groups is 1. The second kappa shape index (κ2) is 9.04. The maximum absolute atomic E-state index is 12.0. The monoisotopic (exact) mass is 476 g/mol. The van der Waals surface area contributed by atoms with Gasteiger partial charge in [0.05, 0.1) is 17.2 Å². The zero-order valence-corrected chi connectivity index (χ0v) is 20.2. The first kappa shape index (κ1) is 22.7. The zero-order chi connectivity index (χ0) is 24.1. The molecular weight excluding hydrogens is 444 g/mol. The summed E-state index contributed by atoms with van der Waals surface area (Å²) in [6, 6.07) is 7.75. The molecular formula is C28H32N2O5. The summed E-state index contributed by atoms with van der Waals surface area (Å²) in [5, 5.41) is 11.2. The van der Waals surface area contributed by atoms with Crippen LogP contribution in [0.1, 0.15) is 79.0 Å². The van der Waals surface area contributed by atoms with Crippen LogP contribution in [-0.2, 0) is 29.1 Å². The molecule has 0 aromatic heterocycles. The lowest BCUT2D eigenvalue weighted by atomic mass is 9.91. The van der Waals surface area contributed by atoms with Crippen LogP contribution in [0, 0.1) is 6.92 Å². The number of fused-ring (bicyclic) bond motifs is 2. The molecule has 2 aromatic carbocycles. The van der Waals surface area contributed by atoms with Crippen molar-refractivity contribution in [3.63, 3.8) is 0 Å². The first-order valence-corrected chi connectivity index (χ1v) is 12.7. The molecule has 7 heteroatoms. The molecule has 1 saturated carbocycles. The van der Waals surface area contributed by atoms with Crippen molar-refractivity contribution in [1.82, 2.24) is 9.80 Å². The van der Waals surface area contributed by atoms with Crippen LogP contribution in [0.2, 0.25) is 0 Å². The van der Waals surface area contributed by atoms with Gasteiger partial charge in [-0.15, -0.1) is 0 Å². The number of aliphatic hydroxyl groups excluding tert-OH is 1. The Labute approximate surface area is 205 Å². The second-order valence-corrected chi connectivity index (χ2v) is 10.3. The number of carbonyl (C=O) groups is 2. The van der Waals surface area contributed by atoms with E-state index >= 15 is 0 Å². The maximum Gasteiger partial charge on any atom is 0.338 e. The van der Waals surface area contributed by atoms with Gasteiger partial charge in [-0.05, 0) is 66.5 Å². The van der Waals surface area contributed by atoms with Crippen LogP contribution in [0.25, 0.3) is 0 Å². The Hall–Kier alpha value is -2.74. The van der Waals surface area contributed by atoms with Crippen LogP contribution in [0.15, 0.2) is 24.3 Å². The molecule has 0 bridgehead atoms. The fraction of sp³-hybridized carbons (Fsp3) is 0.500. The molecule has 2 aromatic rings. The normalized spacial score (nSPS) is 21.0. The molecule has 35 heavy (non-hydrogen) atoms. The molecule has 0 spiro atoms. The summed E-state index contributed by atoms with van der Waals surface area (Å²) in [6.07, 6.45) is 2.64. The molecule has 3 heterocycles. The Balaban J connectivity index is 1.04. The van der Waals surface area contributed by atoms with E-state index in [2.05, 4.69) is 22.8 Å². The van der Waals surface area contributed by atoms with Crippen LogP contribution < -0.4 is 0 Å². The van der Waals surface area contributed by atoms with Crippen molar-refractivity contribution < 1.29 is 24.2 Å². The minimum atomic E-state index is -0.558. The summed E-state index contributed by atoms with van der Waals surface area (Å²) in [5.74, 6) is 0.00296. The van der Waals surface area contributed by atoms with Gasteiger partial charge in [0.2, 0.25) is 0 Å². The van der Waals surface area contributed by atoms with Crippen molar-refractivity contribution in [1.29, 1.82) is 0 Å². The predicted molar refractivity (Wildman–Crippen MR) is 129 cm³/mol. The summed E-state index contributed by atoms with van der Waals surface area (Å²) >= 11 is 0. The van der Waals surface area contributed by atoms with Gasteiger partial charge in [-0.3, -0.25) is 4.90 Å². The maximum atomic E-state index is 12.0. The van der Waals surface area contributed by atoms with E-state index in [1.165, 1.54) is 11.1 Å². The van der Waals surface area contributed by atoms with Crippen LogP contribution in [0.4, 0.5) is 0 Å². The summed E-state index contributed by atoms with van der Waals surface area (Å²) in [5.41, 5.74) is 8.03. The zero-order valence-electron chi connectivity index (χ0n) is 20.2. The van der Waals surface area contributed by atoms with Gasteiger partial charge in [0.1, 0.15) is 13.2 Å². The molecule has 4 aliphatic rings. The standard InChI is InChI=1S/C28H32N2O5/c1-17-18(4-5-20-23(17)15-34-27(20)32)8-9-29-10-12-30(13-11-29)14-25(31)22-7-6-21-24(16-35-28(21)33)26(22)19-2-3-19/h4-7,19,25,31H,2-3,8-16H2,1H3. The second-order valence-electron chi connectivity index (χ2n) is 10.3. The molecule has 1 saturated heterocycles. The van der Waals surface area contributed by atoms with Crippen LogP contribution >= 0.6 is 0 Å². The van der Waals surface area contributed by atoms with Crippen LogP contribution in [0.3, 0.4) is 0 Å². The molecule has 1 atom stereocenters. The SMILES string of the molecule is Cc1c(CCN2CCN(CC(O)c3ccc4c(c3C3CC3)COC4=O)CC2)ccc2c1COC2=O. The van der Waals surface area contributed by atoms with Gasteiger partial charge in [0, 0.05) is 50.4 Å². The van der Waals surface area contributed by atoms with Crippen molar-refractivity contribution >= 4 is 11.9 Å². The average molecular weight is 477 g/mol. The summed E-state index contributed by atoms with van der Waals surface area (Å²) in [6.45, 7) is 8.21. The fourth-order valence-corrected chi connectivity index (χ4v) is 5.88. The number of benzene rings is 2.